The van der Waals surface area contributed by atoms with Crippen molar-refractivity contribution >= 4 is 34.1 Å². The molecule has 0 saturated heterocycles. The van der Waals surface area contributed by atoms with Gasteiger partial charge in [0.25, 0.3) is 0 Å². The summed E-state index contributed by atoms with van der Waals surface area (Å²) in [6.07, 6.45) is 1.71. The Kier molecular flexibility index (Phi) is 4.32. The summed E-state index contributed by atoms with van der Waals surface area (Å²) in [7, 11) is 0. The van der Waals surface area contributed by atoms with Crippen LogP contribution >= 0.6 is 0 Å². The summed E-state index contributed by atoms with van der Waals surface area (Å²) in [5.41, 5.74) is 9.99. The number of carbonyl (C=O) groups excluding carboxylic acids is 1. The molecule has 4 aromatic rings. The molecule has 1 aliphatic heterocycles. The Morgan fingerprint density at radius 2 is 1.77 bits per heavy atom. The highest BCUT2D eigenvalue weighted by Gasteiger charge is 2.35. The van der Waals surface area contributed by atoms with E-state index in [4.69, 9.17) is 10.7 Å². The lowest BCUT2D eigenvalue weighted by atomic mass is 10.1. The standard InChI is InChI=1S/C24H21N5O/c1-16(21-13-8-17-5-2-3-7-22(17)27-21)28-15-18-6-4-14-26-23(18)29(24(28)30)20-11-9-19(25)10-12-20/h2-14,16H,15,25H2,1H3. The third-order valence-corrected chi connectivity index (χ3v) is 5.52. The zero-order valence-electron chi connectivity index (χ0n) is 16.6. The molecule has 6 nitrogen and oxygen atoms in total. The fraction of sp³-hybridized carbons (Fsp3) is 0.125. The largest absolute Gasteiger partial charge is 0.399 e. The van der Waals surface area contributed by atoms with E-state index in [1.165, 1.54) is 0 Å². The molecule has 2 aromatic heterocycles. The van der Waals surface area contributed by atoms with Crippen LogP contribution in [0.25, 0.3) is 10.9 Å². The van der Waals surface area contributed by atoms with Crippen LogP contribution in [0.1, 0.15) is 24.2 Å². The monoisotopic (exact) mass is 395 g/mol. The molecule has 3 heterocycles. The summed E-state index contributed by atoms with van der Waals surface area (Å²) >= 11 is 0. The lowest BCUT2D eigenvalue weighted by Crippen LogP contribution is -2.46. The molecule has 0 radical (unpaired) electrons. The summed E-state index contributed by atoms with van der Waals surface area (Å²) in [4.78, 5) is 26.4. The molecule has 0 aliphatic carbocycles. The van der Waals surface area contributed by atoms with Crippen molar-refractivity contribution in [1.29, 1.82) is 0 Å². The van der Waals surface area contributed by atoms with E-state index < -0.39 is 0 Å². The van der Waals surface area contributed by atoms with E-state index >= 15 is 0 Å². The number of anilines is 3. The number of nitrogen functional groups attached to an aromatic ring is 1. The Morgan fingerprint density at radius 1 is 0.967 bits per heavy atom. The van der Waals surface area contributed by atoms with Gasteiger partial charge in [-0.25, -0.2) is 14.7 Å². The van der Waals surface area contributed by atoms with Crippen molar-refractivity contribution in [3.8, 4) is 0 Å². The number of carbonyl (C=O) groups is 1. The highest BCUT2D eigenvalue weighted by molar-refractivity contribution is 6.01. The van der Waals surface area contributed by atoms with E-state index in [9.17, 15) is 4.79 Å². The molecule has 1 aliphatic rings. The summed E-state index contributed by atoms with van der Waals surface area (Å²) in [5.74, 6) is 0.655. The molecule has 1 atom stereocenters. The topological polar surface area (TPSA) is 75.3 Å². The van der Waals surface area contributed by atoms with Gasteiger partial charge in [0.15, 0.2) is 0 Å². The Labute approximate surface area is 174 Å². The molecule has 6 heteroatoms. The van der Waals surface area contributed by atoms with Crippen molar-refractivity contribution in [3.63, 3.8) is 0 Å². The van der Waals surface area contributed by atoms with Crippen molar-refractivity contribution in [2.45, 2.75) is 19.5 Å². The fourth-order valence-electron chi connectivity index (χ4n) is 3.86. The quantitative estimate of drug-likeness (QED) is 0.493. The molecule has 1 unspecified atom stereocenters. The predicted molar refractivity (Wildman–Crippen MR) is 118 cm³/mol. The van der Waals surface area contributed by atoms with Crippen LogP contribution in [-0.4, -0.2) is 20.9 Å². The van der Waals surface area contributed by atoms with Crippen molar-refractivity contribution in [1.82, 2.24) is 14.9 Å². The van der Waals surface area contributed by atoms with Gasteiger partial charge >= 0.3 is 6.03 Å². The van der Waals surface area contributed by atoms with Crippen molar-refractivity contribution in [2.75, 3.05) is 10.6 Å². The molecule has 2 N–H and O–H groups in total. The Morgan fingerprint density at radius 3 is 2.60 bits per heavy atom. The highest BCUT2D eigenvalue weighted by Crippen LogP contribution is 2.37. The first-order valence-corrected chi connectivity index (χ1v) is 9.87. The molecule has 0 spiro atoms. The number of nitrogens with two attached hydrogens (primary N) is 1. The molecule has 0 fully saturated rings. The number of fused-ring (bicyclic) bond motifs is 2. The molecule has 30 heavy (non-hydrogen) atoms. The maximum absolute atomic E-state index is 13.6. The number of urea groups is 1. The number of hydrogen-bond donors (Lipinski definition) is 1. The van der Waals surface area contributed by atoms with Gasteiger partial charge in [0.1, 0.15) is 5.82 Å². The maximum Gasteiger partial charge on any atom is 0.331 e. The molecule has 0 bridgehead atoms. The van der Waals surface area contributed by atoms with Gasteiger partial charge in [0.05, 0.1) is 29.5 Å². The van der Waals surface area contributed by atoms with Crippen LogP contribution in [0.4, 0.5) is 22.0 Å². The first-order valence-electron chi connectivity index (χ1n) is 9.87. The lowest BCUT2D eigenvalue weighted by molar-refractivity contribution is 0.179. The van der Waals surface area contributed by atoms with Crippen molar-refractivity contribution < 1.29 is 4.79 Å². The molecule has 0 saturated carbocycles. The minimum atomic E-state index is -0.202. The third kappa shape index (κ3) is 3.03. The van der Waals surface area contributed by atoms with E-state index in [1.807, 2.05) is 66.4 Å². The number of rotatable bonds is 3. The number of nitrogens with zero attached hydrogens (tertiary/aromatic N) is 4. The molecular weight excluding hydrogens is 374 g/mol. The van der Waals surface area contributed by atoms with E-state index in [2.05, 4.69) is 11.1 Å². The normalized spacial score (nSPS) is 14.6. The minimum Gasteiger partial charge on any atom is -0.399 e. The first kappa shape index (κ1) is 18.1. The van der Waals surface area contributed by atoms with Crippen LogP contribution in [0.5, 0.6) is 0 Å². The second-order valence-corrected chi connectivity index (χ2v) is 7.43. The van der Waals surface area contributed by atoms with Gasteiger partial charge in [0.2, 0.25) is 0 Å². The van der Waals surface area contributed by atoms with E-state index in [1.54, 1.807) is 23.2 Å². The summed E-state index contributed by atoms with van der Waals surface area (Å²) in [6.45, 7) is 2.49. The van der Waals surface area contributed by atoms with Crippen LogP contribution in [-0.2, 0) is 6.54 Å². The van der Waals surface area contributed by atoms with Gasteiger partial charge in [-0.05, 0) is 49.4 Å². The minimum absolute atomic E-state index is 0.131. The molecule has 148 valence electrons. The number of aromatic nitrogens is 2. The smallest absolute Gasteiger partial charge is 0.331 e. The third-order valence-electron chi connectivity index (χ3n) is 5.52. The average molecular weight is 395 g/mol. The number of benzene rings is 2. The fourth-order valence-corrected chi connectivity index (χ4v) is 3.86. The number of hydrogen-bond acceptors (Lipinski definition) is 4. The van der Waals surface area contributed by atoms with E-state index in [0.717, 1.165) is 27.8 Å². The van der Waals surface area contributed by atoms with Crippen LogP contribution in [0.2, 0.25) is 0 Å². The molecule has 2 aromatic carbocycles. The Hall–Kier alpha value is -3.93. The Balaban J connectivity index is 1.56. The van der Waals surface area contributed by atoms with Gasteiger partial charge < -0.3 is 10.6 Å². The van der Waals surface area contributed by atoms with Gasteiger partial charge in [-0.2, -0.15) is 0 Å². The number of para-hydroxylation sites is 1. The number of pyridine rings is 2. The van der Waals surface area contributed by atoms with Crippen LogP contribution in [0, 0.1) is 0 Å². The van der Waals surface area contributed by atoms with E-state index in [0.29, 0.717) is 18.1 Å². The molecular formula is C24H21N5O. The van der Waals surface area contributed by atoms with Crippen molar-refractivity contribution in [3.05, 3.63) is 90.3 Å². The summed E-state index contributed by atoms with van der Waals surface area (Å²) < 4.78 is 0. The van der Waals surface area contributed by atoms with Crippen LogP contribution in [0.15, 0.2) is 79.0 Å². The van der Waals surface area contributed by atoms with Gasteiger partial charge in [-0.3, -0.25) is 4.98 Å². The van der Waals surface area contributed by atoms with Crippen molar-refractivity contribution in [2.24, 2.45) is 0 Å². The van der Waals surface area contributed by atoms with Gasteiger partial charge in [0, 0.05) is 22.8 Å². The first-order chi connectivity index (χ1) is 14.6. The highest BCUT2D eigenvalue weighted by atomic mass is 16.2. The lowest BCUT2D eigenvalue weighted by Gasteiger charge is -2.39. The zero-order chi connectivity index (χ0) is 20.7. The summed E-state index contributed by atoms with van der Waals surface area (Å²) in [5, 5.41) is 1.08. The second kappa shape index (κ2) is 7.15. The van der Waals surface area contributed by atoms with Gasteiger partial charge in [-0.1, -0.05) is 30.3 Å². The average Bonchev–Trinajstić information content (AvgIpc) is 2.79. The Bertz CT molecular complexity index is 1240. The van der Waals surface area contributed by atoms with Crippen LogP contribution < -0.4 is 10.6 Å². The van der Waals surface area contributed by atoms with Gasteiger partial charge in [-0.15, -0.1) is 0 Å². The molecule has 5 rings (SSSR count). The van der Waals surface area contributed by atoms with E-state index in [-0.39, 0.29) is 12.1 Å². The number of amides is 2. The second-order valence-electron chi connectivity index (χ2n) is 7.43. The maximum atomic E-state index is 13.6. The summed E-state index contributed by atoms with van der Waals surface area (Å²) in [6, 6.07) is 22.9. The molecule has 2 amide bonds. The zero-order valence-corrected chi connectivity index (χ0v) is 16.6. The predicted octanol–water partition coefficient (Wildman–Crippen LogP) is 5.05. The van der Waals surface area contributed by atoms with Crippen LogP contribution in [0.3, 0.4) is 0 Å². The SMILES string of the molecule is CC(c1ccc2ccccc2n1)N1Cc2cccnc2N(c2ccc(N)cc2)C1=O.